The lowest BCUT2D eigenvalue weighted by Gasteiger charge is -2.33. The number of fused-ring (bicyclic) bond motifs is 1. The number of ketones is 1. The van der Waals surface area contributed by atoms with Crippen LogP contribution in [-0.2, 0) is 27.3 Å². The highest BCUT2D eigenvalue weighted by Crippen LogP contribution is 2.36. The first kappa shape index (κ1) is 40.6. The molecule has 0 radical (unpaired) electrons. The third kappa shape index (κ3) is 10.2. The molecular weight excluding hydrogens is 725 g/mol. The number of carbonyl (C=O) groups is 3. The Balaban J connectivity index is 0.973. The van der Waals surface area contributed by atoms with Gasteiger partial charge in [0.1, 0.15) is 5.82 Å². The lowest BCUT2D eigenvalue weighted by Crippen LogP contribution is -2.50. The van der Waals surface area contributed by atoms with Gasteiger partial charge >= 0.3 is 0 Å². The number of nitrogens with zero attached hydrogens (tertiary/aromatic N) is 4. The number of Topliss-reactive ketones (excluding diaryl/α,β-unsaturated/α-hetero) is 1. The second-order valence-electron chi connectivity index (χ2n) is 16.0. The van der Waals surface area contributed by atoms with E-state index in [2.05, 4.69) is 73.0 Å². The monoisotopic (exact) mass is 776 g/mol. The topological polar surface area (TPSA) is 163 Å². The number of rotatable bonds is 13. The van der Waals surface area contributed by atoms with E-state index >= 15 is 0 Å². The zero-order valence-electron chi connectivity index (χ0n) is 32.8. The molecule has 6 rings (SSSR count). The Morgan fingerprint density at radius 3 is 2.54 bits per heavy atom. The molecule has 1 unspecified atom stereocenters. The summed E-state index contributed by atoms with van der Waals surface area (Å²) in [5, 5.41) is 27.9. The van der Waals surface area contributed by atoms with Crippen LogP contribution in [0.15, 0.2) is 48.1 Å². The highest BCUT2D eigenvalue weighted by molar-refractivity contribution is 7.13. The standard InChI is InChI=1S/C43H52N8O4S/c1-6-10-30-22-37(51-36(48-30)18-20-47-51)49-31-16-17-32(21-31)50-38(53)11-8-7-9-19-44-41(43(3,4)5)39(54)34-23-33(52)24-35(34)42(55)45-25-28-12-14-29(15-13-28)40-27(2)46-26-56-40/h12-15,18,20,22,26,31-35,41,44,49,52H,6,10,16-17,19,21,23-25H2,1-5H3,(H,45,55)(H,50,53)/t31-,32-,33+,34?,35-,41-/m1/s1. The molecule has 56 heavy (non-hydrogen) atoms. The van der Waals surface area contributed by atoms with Crippen molar-refractivity contribution in [3.8, 4) is 34.1 Å². The zero-order valence-corrected chi connectivity index (χ0v) is 33.6. The maximum Gasteiger partial charge on any atom is 0.297 e. The third-order valence-corrected chi connectivity index (χ3v) is 11.6. The molecule has 0 aliphatic heterocycles. The minimum Gasteiger partial charge on any atom is -0.393 e. The number of anilines is 1. The Kier molecular flexibility index (Phi) is 13.2. The summed E-state index contributed by atoms with van der Waals surface area (Å²) in [5.41, 5.74) is 6.19. The number of aromatic nitrogens is 4. The predicted octanol–water partition coefficient (Wildman–Crippen LogP) is 4.85. The van der Waals surface area contributed by atoms with Gasteiger partial charge in [-0.15, -0.1) is 11.3 Å². The van der Waals surface area contributed by atoms with Crippen LogP contribution < -0.4 is 21.3 Å². The van der Waals surface area contributed by atoms with Gasteiger partial charge in [0, 0.05) is 48.3 Å². The van der Waals surface area contributed by atoms with E-state index in [1.54, 1.807) is 17.5 Å². The normalized spacial score (nSPS) is 21.1. The van der Waals surface area contributed by atoms with Crippen molar-refractivity contribution in [2.24, 2.45) is 17.3 Å². The summed E-state index contributed by atoms with van der Waals surface area (Å²) in [7, 11) is 0. The molecular formula is C43H52N8O4S. The van der Waals surface area contributed by atoms with Crippen LogP contribution in [0.1, 0.15) is 83.2 Å². The summed E-state index contributed by atoms with van der Waals surface area (Å²) >= 11 is 1.59. The minimum atomic E-state index is -0.733. The average molecular weight is 777 g/mol. The van der Waals surface area contributed by atoms with E-state index in [-0.39, 0.29) is 49.1 Å². The molecule has 2 saturated carbocycles. The van der Waals surface area contributed by atoms with Gasteiger partial charge < -0.3 is 21.1 Å². The molecule has 2 aliphatic carbocycles. The molecule has 13 heteroatoms. The van der Waals surface area contributed by atoms with Crippen LogP contribution in [0.5, 0.6) is 0 Å². The molecule has 2 aliphatic rings. The summed E-state index contributed by atoms with van der Waals surface area (Å²) in [4.78, 5) is 50.2. The number of carbonyl (C=O) groups excluding carboxylic acids is 3. The fourth-order valence-corrected chi connectivity index (χ4v) is 8.60. The first-order valence-electron chi connectivity index (χ1n) is 19.5. The molecule has 0 saturated heterocycles. The summed E-state index contributed by atoms with van der Waals surface area (Å²) in [6.45, 7) is 10.5. The van der Waals surface area contributed by atoms with Crippen molar-refractivity contribution >= 4 is 40.4 Å². The lowest BCUT2D eigenvalue weighted by atomic mass is 9.77. The quantitative estimate of drug-likeness (QED) is 0.120. The van der Waals surface area contributed by atoms with Crippen molar-refractivity contribution < 1.29 is 19.5 Å². The van der Waals surface area contributed by atoms with Crippen molar-refractivity contribution in [2.45, 2.75) is 110 Å². The van der Waals surface area contributed by atoms with Crippen molar-refractivity contribution in [3.63, 3.8) is 0 Å². The van der Waals surface area contributed by atoms with Gasteiger partial charge in [0.2, 0.25) is 5.91 Å². The number of benzene rings is 1. The van der Waals surface area contributed by atoms with E-state index in [0.29, 0.717) is 6.54 Å². The Labute approximate surface area is 333 Å². The molecule has 4 aromatic rings. The SMILES string of the molecule is CCCc1cc(N[C@@H]2CC[C@@H](NC(=O)C#CC#CCN[C@H](C(=O)C3C[C@H](O)C[C@H]3C(=O)NCc3ccc(-c4scnc4C)cc3)C(C)(C)C)C2)n2nccc2n1. The van der Waals surface area contributed by atoms with Gasteiger partial charge in [-0.3, -0.25) is 19.7 Å². The Bertz CT molecular complexity index is 2150. The van der Waals surface area contributed by atoms with Crippen LogP contribution >= 0.6 is 11.3 Å². The molecule has 2 fully saturated rings. The molecule has 0 bridgehead atoms. The number of thiazole rings is 1. The van der Waals surface area contributed by atoms with Crippen LogP contribution in [0, 0.1) is 47.9 Å². The van der Waals surface area contributed by atoms with Gasteiger partial charge in [-0.05, 0) is 73.8 Å². The fraction of sp³-hybridized carbons (Fsp3) is 0.488. The van der Waals surface area contributed by atoms with Gasteiger partial charge in [-0.2, -0.15) is 9.61 Å². The largest absolute Gasteiger partial charge is 0.393 e. The first-order chi connectivity index (χ1) is 26.9. The number of hydrogen-bond acceptors (Lipinski definition) is 10. The minimum absolute atomic E-state index is 0.00186. The van der Waals surface area contributed by atoms with Crippen molar-refractivity contribution in [3.05, 3.63) is 65.1 Å². The first-order valence-corrected chi connectivity index (χ1v) is 20.4. The summed E-state index contributed by atoms with van der Waals surface area (Å²) in [6, 6.07) is 11.5. The molecule has 1 aromatic carbocycles. The highest BCUT2D eigenvalue weighted by Gasteiger charge is 2.46. The van der Waals surface area contributed by atoms with Crippen molar-refractivity contribution in [1.82, 2.24) is 35.5 Å². The van der Waals surface area contributed by atoms with E-state index < -0.39 is 29.4 Å². The van der Waals surface area contributed by atoms with Gasteiger partial charge in [0.05, 0.1) is 46.9 Å². The number of hydrogen-bond donors (Lipinski definition) is 5. The maximum atomic E-state index is 14.0. The Morgan fingerprint density at radius 1 is 1.04 bits per heavy atom. The molecule has 2 amide bonds. The second-order valence-corrected chi connectivity index (χ2v) is 16.8. The predicted molar refractivity (Wildman–Crippen MR) is 218 cm³/mol. The molecule has 0 spiro atoms. The van der Waals surface area contributed by atoms with Crippen LogP contribution in [0.2, 0.25) is 0 Å². The summed E-state index contributed by atoms with van der Waals surface area (Å²) in [6.07, 6.45) is 5.88. The van der Waals surface area contributed by atoms with E-state index in [1.807, 2.05) is 68.1 Å². The van der Waals surface area contributed by atoms with Gasteiger partial charge in [-0.1, -0.05) is 64.3 Å². The molecule has 5 N–H and O–H groups in total. The van der Waals surface area contributed by atoms with Gasteiger partial charge in [-0.25, -0.2) is 9.97 Å². The van der Waals surface area contributed by atoms with Crippen LogP contribution in [0.3, 0.4) is 0 Å². The number of aliphatic hydroxyl groups is 1. The number of aliphatic hydroxyl groups excluding tert-OH is 1. The van der Waals surface area contributed by atoms with Crippen LogP contribution in [-0.4, -0.2) is 73.1 Å². The van der Waals surface area contributed by atoms with E-state index in [1.165, 1.54) is 0 Å². The Morgan fingerprint density at radius 2 is 1.80 bits per heavy atom. The highest BCUT2D eigenvalue weighted by atomic mass is 32.1. The van der Waals surface area contributed by atoms with Gasteiger partial charge in [0.25, 0.3) is 5.91 Å². The van der Waals surface area contributed by atoms with E-state index in [0.717, 1.165) is 71.0 Å². The van der Waals surface area contributed by atoms with Crippen molar-refractivity contribution in [1.29, 1.82) is 0 Å². The molecule has 12 nitrogen and oxygen atoms in total. The summed E-state index contributed by atoms with van der Waals surface area (Å²) in [5.74, 6) is 9.77. The molecule has 3 heterocycles. The number of amides is 2. The fourth-order valence-electron chi connectivity index (χ4n) is 7.79. The molecule has 6 atom stereocenters. The molecule has 294 valence electrons. The second kappa shape index (κ2) is 18.2. The maximum absolute atomic E-state index is 14.0. The molecule has 3 aromatic heterocycles. The van der Waals surface area contributed by atoms with Crippen LogP contribution in [0.4, 0.5) is 5.82 Å². The lowest BCUT2D eigenvalue weighted by molar-refractivity contribution is -0.135. The van der Waals surface area contributed by atoms with Crippen molar-refractivity contribution in [2.75, 3.05) is 11.9 Å². The van der Waals surface area contributed by atoms with Gasteiger partial charge in [0.15, 0.2) is 11.4 Å². The van der Waals surface area contributed by atoms with E-state index in [4.69, 9.17) is 0 Å². The zero-order chi connectivity index (χ0) is 39.8. The Hall–Kier alpha value is -5.08. The number of aryl methyl sites for hydroxylation is 2. The van der Waals surface area contributed by atoms with E-state index in [9.17, 15) is 19.5 Å². The van der Waals surface area contributed by atoms with Crippen LogP contribution in [0.25, 0.3) is 16.1 Å². The smallest absolute Gasteiger partial charge is 0.297 e. The number of nitrogens with one attached hydrogen (secondary N) is 4. The third-order valence-electron chi connectivity index (χ3n) is 10.6. The average Bonchev–Trinajstić information content (AvgIpc) is 3.98. The summed E-state index contributed by atoms with van der Waals surface area (Å²) < 4.78 is 1.81.